The average molecular weight is 425 g/mol. The van der Waals surface area contributed by atoms with E-state index >= 15 is 0 Å². The van der Waals surface area contributed by atoms with Gasteiger partial charge in [-0.1, -0.05) is 134 Å². The van der Waals surface area contributed by atoms with E-state index < -0.39 is 0 Å². The smallest absolute Gasteiger partial charge is 0.0276 e. The SMILES string of the molecule is CCCCCc1ccc(CC[C@H]2CC[C@H](CC[C@H]3CC[C@H](CCCC)CC3)CC2)cc1. The summed E-state index contributed by atoms with van der Waals surface area (Å²) in [5, 5.41) is 0. The van der Waals surface area contributed by atoms with E-state index in [-0.39, 0.29) is 0 Å². The van der Waals surface area contributed by atoms with Crippen molar-refractivity contribution in [1.82, 2.24) is 0 Å². The molecule has 0 aromatic heterocycles. The highest BCUT2D eigenvalue weighted by molar-refractivity contribution is 5.22. The highest BCUT2D eigenvalue weighted by Crippen LogP contribution is 2.38. The predicted molar refractivity (Wildman–Crippen MR) is 138 cm³/mol. The van der Waals surface area contributed by atoms with Crippen LogP contribution in [0.4, 0.5) is 0 Å². The Bertz CT molecular complexity index is 554. The van der Waals surface area contributed by atoms with Crippen LogP contribution >= 0.6 is 0 Å². The van der Waals surface area contributed by atoms with Gasteiger partial charge in [0.1, 0.15) is 0 Å². The molecular formula is C31H52. The molecule has 2 aliphatic carbocycles. The Morgan fingerprint density at radius 2 is 0.903 bits per heavy atom. The fraction of sp³-hybridized carbons (Fsp3) is 0.806. The molecule has 0 N–H and O–H groups in total. The van der Waals surface area contributed by atoms with Gasteiger partial charge in [-0.2, -0.15) is 0 Å². The molecule has 1 aromatic carbocycles. The van der Waals surface area contributed by atoms with Crippen LogP contribution in [0.2, 0.25) is 0 Å². The number of aryl methyl sites for hydroxylation is 2. The summed E-state index contributed by atoms with van der Waals surface area (Å²) in [6.07, 6.45) is 27.7. The van der Waals surface area contributed by atoms with Crippen molar-refractivity contribution < 1.29 is 0 Å². The summed E-state index contributed by atoms with van der Waals surface area (Å²) in [5.41, 5.74) is 3.10. The number of benzene rings is 1. The monoisotopic (exact) mass is 424 g/mol. The van der Waals surface area contributed by atoms with Crippen molar-refractivity contribution in [3.8, 4) is 0 Å². The van der Waals surface area contributed by atoms with Crippen molar-refractivity contribution in [2.75, 3.05) is 0 Å². The number of hydrogen-bond donors (Lipinski definition) is 0. The zero-order valence-electron chi connectivity index (χ0n) is 21.1. The number of unbranched alkanes of at least 4 members (excludes halogenated alkanes) is 3. The maximum atomic E-state index is 2.41. The van der Waals surface area contributed by atoms with Crippen LogP contribution in [0.5, 0.6) is 0 Å². The molecule has 0 nitrogen and oxygen atoms in total. The fourth-order valence-electron chi connectivity index (χ4n) is 6.40. The van der Waals surface area contributed by atoms with Crippen LogP contribution in [-0.2, 0) is 12.8 Å². The van der Waals surface area contributed by atoms with Crippen LogP contribution in [0, 0.1) is 23.7 Å². The van der Waals surface area contributed by atoms with Crippen molar-refractivity contribution in [1.29, 1.82) is 0 Å². The molecule has 1 aromatic rings. The minimum absolute atomic E-state index is 0.995. The predicted octanol–water partition coefficient (Wildman–Crippen LogP) is 9.94. The topological polar surface area (TPSA) is 0 Å². The Morgan fingerprint density at radius 1 is 0.484 bits per heavy atom. The van der Waals surface area contributed by atoms with E-state index in [4.69, 9.17) is 0 Å². The van der Waals surface area contributed by atoms with Gasteiger partial charge in [0.25, 0.3) is 0 Å². The van der Waals surface area contributed by atoms with E-state index in [0.717, 1.165) is 23.7 Å². The van der Waals surface area contributed by atoms with Crippen LogP contribution in [0.25, 0.3) is 0 Å². The lowest BCUT2D eigenvalue weighted by Crippen LogP contribution is -2.18. The van der Waals surface area contributed by atoms with Crippen molar-refractivity contribution >= 4 is 0 Å². The summed E-state index contributed by atoms with van der Waals surface area (Å²) in [6, 6.07) is 9.59. The minimum Gasteiger partial charge on any atom is -0.0654 e. The van der Waals surface area contributed by atoms with Gasteiger partial charge in [-0.3, -0.25) is 0 Å². The van der Waals surface area contributed by atoms with E-state index in [9.17, 15) is 0 Å². The molecule has 0 heteroatoms. The first-order chi connectivity index (χ1) is 15.3. The second-order valence-corrected chi connectivity index (χ2v) is 11.3. The van der Waals surface area contributed by atoms with Gasteiger partial charge in [0, 0.05) is 0 Å². The van der Waals surface area contributed by atoms with Gasteiger partial charge in [0.05, 0.1) is 0 Å². The van der Waals surface area contributed by atoms with Gasteiger partial charge < -0.3 is 0 Å². The highest BCUT2D eigenvalue weighted by Gasteiger charge is 2.24. The maximum Gasteiger partial charge on any atom is -0.0276 e. The lowest BCUT2D eigenvalue weighted by Gasteiger charge is -2.32. The molecule has 0 spiro atoms. The Hall–Kier alpha value is -0.780. The van der Waals surface area contributed by atoms with Gasteiger partial charge in [0.15, 0.2) is 0 Å². The van der Waals surface area contributed by atoms with Gasteiger partial charge >= 0.3 is 0 Å². The lowest BCUT2D eigenvalue weighted by molar-refractivity contribution is 0.209. The third-order valence-electron chi connectivity index (χ3n) is 8.81. The van der Waals surface area contributed by atoms with Gasteiger partial charge in [-0.25, -0.2) is 0 Å². The van der Waals surface area contributed by atoms with Gasteiger partial charge in [-0.15, -0.1) is 0 Å². The first-order valence-electron chi connectivity index (χ1n) is 14.3. The van der Waals surface area contributed by atoms with Gasteiger partial charge in [0.2, 0.25) is 0 Å². The summed E-state index contributed by atoms with van der Waals surface area (Å²) < 4.78 is 0. The molecule has 31 heavy (non-hydrogen) atoms. The molecule has 0 unspecified atom stereocenters. The van der Waals surface area contributed by atoms with E-state index in [1.165, 1.54) is 108 Å². The summed E-state index contributed by atoms with van der Waals surface area (Å²) in [6.45, 7) is 4.63. The maximum absolute atomic E-state index is 2.41. The molecule has 2 saturated carbocycles. The van der Waals surface area contributed by atoms with E-state index in [1.807, 2.05) is 0 Å². The number of hydrogen-bond acceptors (Lipinski definition) is 0. The van der Waals surface area contributed by atoms with Crippen LogP contribution in [0.15, 0.2) is 24.3 Å². The van der Waals surface area contributed by atoms with E-state index in [1.54, 1.807) is 24.8 Å². The Balaban J connectivity index is 1.25. The molecule has 2 aliphatic rings. The second-order valence-electron chi connectivity index (χ2n) is 11.3. The molecule has 3 rings (SSSR count). The highest BCUT2D eigenvalue weighted by atomic mass is 14.3. The fourth-order valence-corrected chi connectivity index (χ4v) is 6.40. The summed E-state index contributed by atoms with van der Waals surface area (Å²) >= 11 is 0. The molecule has 2 fully saturated rings. The molecule has 176 valence electrons. The lowest BCUT2D eigenvalue weighted by atomic mass is 9.74. The summed E-state index contributed by atoms with van der Waals surface area (Å²) in [5.74, 6) is 4.19. The zero-order valence-corrected chi connectivity index (χ0v) is 21.1. The number of rotatable bonds is 13. The standard InChI is InChI=1S/C31H52/c1-3-5-7-9-27-12-16-29(17-13-27)19-21-31-24-22-30(23-25-31)20-18-28-14-10-26(11-15-28)8-6-4-2/h12-13,16-17,26,28,30-31H,3-11,14-15,18-25H2,1-2H3/t26-,28-,30-,31-. The van der Waals surface area contributed by atoms with Crippen molar-refractivity contribution in [3.63, 3.8) is 0 Å². The third kappa shape index (κ3) is 9.31. The third-order valence-corrected chi connectivity index (χ3v) is 8.81. The quantitative estimate of drug-likeness (QED) is 0.276. The first-order valence-corrected chi connectivity index (χ1v) is 14.3. The zero-order chi connectivity index (χ0) is 21.7. The van der Waals surface area contributed by atoms with Crippen LogP contribution < -0.4 is 0 Å². The molecule has 0 amide bonds. The molecule has 0 atom stereocenters. The summed E-state index contributed by atoms with van der Waals surface area (Å²) in [4.78, 5) is 0. The Kier molecular flexibility index (Phi) is 11.5. The Labute approximate surface area is 195 Å². The minimum atomic E-state index is 0.995. The molecular weight excluding hydrogens is 372 g/mol. The van der Waals surface area contributed by atoms with E-state index in [2.05, 4.69) is 38.1 Å². The van der Waals surface area contributed by atoms with Crippen molar-refractivity contribution in [2.24, 2.45) is 23.7 Å². The van der Waals surface area contributed by atoms with Crippen molar-refractivity contribution in [2.45, 2.75) is 136 Å². The first kappa shape index (κ1) is 24.9. The summed E-state index contributed by atoms with van der Waals surface area (Å²) in [7, 11) is 0. The largest absolute Gasteiger partial charge is 0.0654 e. The van der Waals surface area contributed by atoms with Crippen molar-refractivity contribution in [3.05, 3.63) is 35.4 Å². The molecule has 0 radical (unpaired) electrons. The van der Waals surface area contributed by atoms with Crippen LogP contribution in [0.3, 0.4) is 0 Å². The van der Waals surface area contributed by atoms with Crippen LogP contribution in [-0.4, -0.2) is 0 Å². The molecule has 0 aliphatic heterocycles. The Morgan fingerprint density at radius 3 is 1.39 bits per heavy atom. The second kappa shape index (κ2) is 14.4. The normalized spacial score (nSPS) is 26.8. The average Bonchev–Trinajstić information content (AvgIpc) is 2.82. The molecule has 0 bridgehead atoms. The molecule has 0 heterocycles. The van der Waals surface area contributed by atoms with E-state index in [0.29, 0.717) is 0 Å². The van der Waals surface area contributed by atoms with Gasteiger partial charge in [-0.05, 0) is 60.5 Å². The molecule has 0 saturated heterocycles. The van der Waals surface area contributed by atoms with Crippen LogP contribution in [0.1, 0.15) is 134 Å².